The highest BCUT2D eigenvalue weighted by molar-refractivity contribution is 5.92. The van der Waals surface area contributed by atoms with Gasteiger partial charge in [0.15, 0.2) is 0 Å². The molecule has 0 bridgehead atoms. The Morgan fingerprint density at radius 2 is 1.57 bits per heavy atom. The van der Waals surface area contributed by atoms with E-state index in [9.17, 15) is 13.2 Å². The number of aromatic nitrogens is 1. The SMILES string of the molecule is N=C(N)c1ccc(Oc2ccc(OC(F)(F)F)cc2)cn1. The molecule has 0 atom stereocenters. The van der Waals surface area contributed by atoms with Crippen LogP contribution in [0.15, 0.2) is 42.6 Å². The highest BCUT2D eigenvalue weighted by Crippen LogP contribution is 2.27. The number of benzene rings is 1. The number of amidine groups is 1. The Balaban J connectivity index is 2.04. The van der Waals surface area contributed by atoms with Gasteiger partial charge >= 0.3 is 6.36 Å². The number of nitrogen functional groups attached to an aromatic ring is 1. The zero-order valence-corrected chi connectivity index (χ0v) is 10.5. The third-order valence-corrected chi connectivity index (χ3v) is 2.31. The number of rotatable bonds is 4. The summed E-state index contributed by atoms with van der Waals surface area (Å²) in [4.78, 5) is 3.89. The van der Waals surface area contributed by atoms with Gasteiger partial charge in [-0.3, -0.25) is 5.41 Å². The molecular formula is C13H10F3N3O2. The van der Waals surface area contributed by atoms with Gasteiger partial charge in [-0.05, 0) is 36.4 Å². The van der Waals surface area contributed by atoms with E-state index in [1.165, 1.54) is 24.4 Å². The van der Waals surface area contributed by atoms with Crippen molar-refractivity contribution < 1.29 is 22.6 Å². The second-order valence-corrected chi connectivity index (χ2v) is 3.91. The Morgan fingerprint density at radius 1 is 1.00 bits per heavy atom. The van der Waals surface area contributed by atoms with Crippen LogP contribution in [-0.4, -0.2) is 17.2 Å². The fraction of sp³-hybridized carbons (Fsp3) is 0.0769. The van der Waals surface area contributed by atoms with Crippen LogP contribution < -0.4 is 15.2 Å². The summed E-state index contributed by atoms with van der Waals surface area (Å²) in [5.74, 6) is 0.182. The topological polar surface area (TPSA) is 81.2 Å². The van der Waals surface area contributed by atoms with Crippen LogP contribution in [0.5, 0.6) is 17.2 Å². The van der Waals surface area contributed by atoms with Gasteiger partial charge in [0, 0.05) is 0 Å². The average molecular weight is 297 g/mol. The maximum absolute atomic E-state index is 12.0. The summed E-state index contributed by atoms with van der Waals surface area (Å²) in [6.07, 6.45) is -3.37. The van der Waals surface area contributed by atoms with E-state index in [2.05, 4.69) is 9.72 Å². The fourth-order valence-electron chi connectivity index (χ4n) is 1.45. The summed E-state index contributed by atoms with van der Waals surface area (Å²) in [5, 5.41) is 7.19. The van der Waals surface area contributed by atoms with Crippen LogP contribution in [0.3, 0.4) is 0 Å². The number of nitrogens with two attached hydrogens (primary N) is 1. The van der Waals surface area contributed by atoms with Crippen LogP contribution in [0, 0.1) is 5.41 Å². The van der Waals surface area contributed by atoms with Crippen molar-refractivity contribution in [1.82, 2.24) is 4.98 Å². The molecule has 0 saturated carbocycles. The molecule has 0 unspecified atom stereocenters. The summed E-state index contributed by atoms with van der Waals surface area (Å²) in [6, 6.07) is 7.99. The van der Waals surface area contributed by atoms with Crippen LogP contribution in [0.4, 0.5) is 13.2 Å². The average Bonchev–Trinajstić information content (AvgIpc) is 2.40. The minimum Gasteiger partial charge on any atom is -0.456 e. The van der Waals surface area contributed by atoms with Crippen LogP contribution in [0.1, 0.15) is 5.69 Å². The van der Waals surface area contributed by atoms with Crippen molar-refractivity contribution in [2.45, 2.75) is 6.36 Å². The van der Waals surface area contributed by atoms with E-state index in [1.54, 1.807) is 6.07 Å². The first-order valence-electron chi connectivity index (χ1n) is 5.67. The molecule has 0 aliphatic rings. The molecule has 21 heavy (non-hydrogen) atoms. The van der Waals surface area contributed by atoms with Crippen LogP contribution in [0.25, 0.3) is 0 Å². The first-order chi connectivity index (χ1) is 9.83. The number of ether oxygens (including phenoxy) is 2. The van der Waals surface area contributed by atoms with Crippen molar-refractivity contribution in [3.8, 4) is 17.2 Å². The molecule has 0 spiro atoms. The second kappa shape index (κ2) is 5.70. The lowest BCUT2D eigenvalue weighted by atomic mass is 10.3. The molecule has 110 valence electrons. The molecule has 2 aromatic rings. The smallest absolute Gasteiger partial charge is 0.456 e. The van der Waals surface area contributed by atoms with Crippen molar-refractivity contribution in [2.75, 3.05) is 0 Å². The van der Waals surface area contributed by atoms with E-state index in [0.29, 0.717) is 17.2 Å². The summed E-state index contributed by atoms with van der Waals surface area (Å²) in [7, 11) is 0. The standard InChI is InChI=1S/C13H10F3N3O2/c14-13(15,16)21-9-3-1-8(2-4-9)20-10-5-6-11(12(17)18)19-7-10/h1-7H,(H3,17,18). The molecule has 2 rings (SSSR count). The lowest BCUT2D eigenvalue weighted by Crippen LogP contribution is -2.16. The highest BCUT2D eigenvalue weighted by Gasteiger charge is 2.30. The molecule has 5 nitrogen and oxygen atoms in total. The summed E-state index contributed by atoms with van der Waals surface area (Å²) >= 11 is 0. The quantitative estimate of drug-likeness (QED) is 0.671. The first kappa shape index (κ1) is 14.6. The van der Waals surface area contributed by atoms with E-state index in [0.717, 1.165) is 12.1 Å². The number of nitrogens with one attached hydrogen (secondary N) is 1. The molecule has 0 radical (unpaired) electrons. The fourth-order valence-corrected chi connectivity index (χ4v) is 1.45. The monoisotopic (exact) mass is 297 g/mol. The van der Waals surface area contributed by atoms with Gasteiger partial charge in [-0.2, -0.15) is 0 Å². The molecule has 0 fully saturated rings. The molecule has 0 aliphatic heterocycles. The van der Waals surface area contributed by atoms with Gasteiger partial charge in [0.1, 0.15) is 28.8 Å². The molecule has 1 aromatic carbocycles. The number of hydrogen-bond acceptors (Lipinski definition) is 4. The Kier molecular flexibility index (Phi) is 3.97. The van der Waals surface area contributed by atoms with E-state index in [-0.39, 0.29) is 11.6 Å². The molecule has 0 aliphatic carbocycles. The molecule has 1 aromatic heterocycles. The lowest BCUT2D eigenvalue weighted by molar-refractivity contribution is -0.274. The predicted octanol–water partition coefficient (Wildman–Crippen LogP) is 3.06. The van der Waals surface area contributed by atoms with Gasteiger partial charge in [-0.1, -0.05) is 0 Å². The molecular weight excluding hydrogens is 287 g/mol. The molecule has 1 heterocycles. The minimum absolute atomic E-state index is 0.171. The Labute approximate surface area is 117 Å². The zero-order valence-electron chi connectivity index (χ0n) is 10.5. The molecule has 0 amide bonds. The summed E-state index contributed by atoms with van der Waals surface area (Å²) in [6.45, 7) is 0. The van der Waals surface area contributed by atoms with Crippen LogP contribution >= 0.6 is 0 Å². The van der Waals surface area contributed by atoms with Gasteiger partial charge in [0.25, 0.3) is 0 Å². The lowest BCUT2D eigenvalue weighted by Gasteiger charge is -2.10. The maximum Gasteiger partial charge on any atom is 0.573 e. The van der Waals surface area contributed by atoms with Crippen molar-refractivity contribution in [3.63, 3.8) is 0 Å². The molecule has 8 heteroatoms. The van der Waals surface area contributed by atoms with Crippen molar-refractivity contribution >= 4 is 5.84 Å². The third-order valence-electron chi connectivity index (χ3n) is 2.31. The Morgan fingerprint density at radius 3 is 2.05 bits per heavy atom. The van der Waals surface area contributed by atoms with Crippen molar-refractivity contribution in [3.05, 3.63) is 48.3 Å². The van der Waals surface area contributed by atoms with Crippen molar-refractivity contribution in [2.24, 2.45) is 5.73 Å². The molecule has 3 N–H and O–H groups in total. The number of halogens is 3. The van der Waals surface area contributed by atoms with Gasteiger partial charge in [0.2, 0.25) is 0 Å². The number of hydrogen-bond donors (Lipinski definition) is 2. The maximum atomic E-state index is 12.0. The predicted molar refractivity (Wildman–Crippen MR) is 68.5 cm³/mol. The minimum atomic E-state index is -4.73. The summed E-state index contributed by atoms with van der Waals surface area (Å²) in [5.41, 5.74) is 5.56. The van der Waals surface area contributed by atoms with E-state index < -0.39 is 6.36 Å². The van der Waals surface area contributed by atoms with Gasteiger partial charge in [-0.15, -0.1) is 13.2 Å². The third kappa shape index (κ3) is 4.37. The van der Waals surface area contributed by atoms with Crippen LogP contribution in [0.2, 0.25) is 0 Å². The van der Waals surface area contributed by atoms with Crippen molar-refractivity contribution in [1.29, 1.82) is 5.41 Å². The van der Waals surface area contributed by atoms with Crippen LogP contribution in [-0.2, 0) is 0 Å². The van der Waals surface area contributed by atoms with E-state index >= 15 is 0 Å². The number of nitrogens with zero attached hydrogens (tertiary/aromatic N) is 1. The zero-order chi connectivity index (χ0) is 15.5. The van der Waals surface area contributed by atoms with Gasteiger partial charge in [-0.25, -0.2) is 4.98 Å². The summed E-state index contributed by atoms with van der Waals surface area (Å²) < 4.78 is 45.1. The van der Waals surface area contributed by atoms with E-state index in [4.69, 9.17) is 15.9 Å². The normalized spacial score (nSPS) is 11.0. The Hall–Kier alpha value is -2.77. The molecule has 0 saturated heterocycles. The Bertz CT molecular complexity index is 625. The van der Waals surface area contributed by atoms with Gasteiger partial charge < -0.3 is 15.2 Å². The highest BCUT2D eigenvalue weighted by atomic mass is 19.4. The first-order valence-corrected chi connectivity index (χ1v) is 5.67. The number of pyridine rings is 1. The number of alkyl halides is 3. The van der Waals surface area contributed by atoms with E-state index in [1.807, 2.05) is 0 Å². The largest absolute Gasteiger partial charge is 0.573 e. The second-order valence-electron chi connectivity index (χ2n) is 3.91. The van der Waals surface area contributed by atoms with Gasteiger partial charge in [0.05, 0.1) is 6.20 Å².